The molecule has 6 nitrogen and oxygen atoms in total. The Labute approximate surface area is 164 Å². The van der Waals surface area contributed by atoms with Gasteiger partial charge in [0.25, 0.3) is 0 Å². The molecular weight excluding hydrogens is 344 g/mol. The Morgan fingerprint density at radius 2 is 1.78 bits per heavy atom. The lowest BCUT2D eigenvalue weighted by atomic mass is 9.96. The number of urea groups is 1. The molecule has 1 saturated carbocycles. The molecule has 2 amide bonds. The fourth-order valence-corrected chi connectivity index (χ4v) is 2.85. The van der Waals surface area contributed by atoms with Crippen LogP contribution in [0, 0.1) is 0 Å². The van der Waals surface area contributed by atoms with Crippen molar-refractivity contribution in [3.63, 3.8) is 0 Å². The van der Waals surface area contributed by atoms with Gasteiger partial charge in [0, 0.05) is 44.0 Å². The van der Waals surface area contributed by atoms with Gasteiger partial charge in [-0.15, -0.1) is 0 Å². The molecule has 0 spiro atoms. The summed E-state index contributed by atoms with van der Waals surface area (Å²) in [5, 5.41) is 10.1. The van der Waals surface area contributed by atoms with Gasteiger partial charge in [0.05, 0.1) is 0 Å². The highest BCUT2D eigenvalue weighted by molar-refractivity contribution is 5.88. The molecule has 2 rings (SSSR count). The van der Waals surface area contributed by atoms with Crippen molar-refractivity contribution in [2.75, 3.05) is 14.2 Å². The highest BCUT2D eigenvalue weighted by Crippen LogP contribution is 2.28. The maximum atomic E-state index is 12.4. The molecule has 0 atom stereocenters. The van der Waals surface area contributed by atoms with E-state index in [1.807, 2.05) is 20.8 Å². The zero-order valence-corrected chi connectivity index (χ0v) is 17.7. The van der Waals surface area contributed by atoms with Crippen LogP contribution in [-0.4, -0.2) is 42.2 Å². The minimum atomic E-state index is -0.439. The molecule has 0 aromatic heterocycles. The highest BCUT2D eigenvalue weighted by atomic mass is 16.5. The van der Waals surface area contributed by atoms with Crippen molar-refractivity contribution in [1.29, 1.82) is 0 Å². The van der Waals surface area contributed by atoms with Crippen LogP contribution in [0.1, 0.15) is 66.2 Å². The average Bonchev–Trinajstić information content (AvgIpc) is 3.05. The van der Waals surface area contributed by atoms with Crippen molar-refractivity contribution >= 4 is 12.0 Å². The van der Waals surface area contributed by atoms with E-state index in [0.717, 1.165) is 31.2 Å². The lowest BCUT2D eigenvalue weighted by Gasteiger charge is -2.26. The smallest absolute Gasteiger partial charge is 0.338 e. The number of esters is 1. The number of aliphatic hydroxyl groups is 1. The Hall–Kier alpha value is -2.08. The van der Waals surface area contributed by atoms with Crippen molar-refractivity contribution < 1.29 is 19.4 Å². The Balaban J connectivity index is 0.00000158. The number of hydrogen-bond donors (Lipinski definition) is 2. The summed E-state index contributed by atoms with van der Waals surface area (Å²) in [6.07, 6.45) is 8.09. The minimum Gasteiger partial charge on any atom is -0.423 e. The van der Waals surface area contributed by atoms with Gasteiger partial charge in [0.1, 0.15) is 5.76 Å². The summed E-state index contributed by atoms with van der Waals surface area (Å²) >= 11 is 0. The Kier molecular flexibility index (Phi) is 12.1. The van der Waals surface area contributed by atoms with Crippen LogP contribution in [0.15, 0.2) is 35.3 Å². The van der Waals surface area contributed by atoms with Crippen molar-refractivity contribution in [1.82, 2.24) is 10.2 Å². The van der Waals surface area contributed by atoms with Crippen LogP contribution < -0.4 is 5.32 Å². The predicted molar refractivity (Wildman–Crippen MR) is 109 cm³/mol. The second-order valence-electron chi connectivity index (χ2n) is 6.47. The molecule has 2 aliphatic carbocycles. The van der Waals surface area contributed by atoms with Gasteiger partial charge < -0.3 is 20.1 Å². The number of allylic oxidation sites excluding steroid dienone is 2. The number of hydrogen-bond acceptors (Lipinski definition) is 4. The number of amides is 2. The normalized spacial score (nSPS) is 16.2. The van der Waals surface area contributed by atoms with E-state index in [0.29, 0.717) is 17.8 Å². The SMILES string of the molecule is C=C(C)C(=O)OC1=C(C)CC(N(C)C(=O)NC2CCCCC2)=C1.CC.CO. The fraction of sp³-hybridized carbons (Fsp3) is 0.619. The predicted octanol–water partition coefficient (Wildman–Crippen LogP) is 4.28. The van der Waals surface area contributed by atoms with E-state index in [-0.39, 0.29) is 12.1 Å². The first kappa shape index (κ1) is 24.9. The summed E-state index contributed by atoms with van der Waals surface area (Å²) in [5.41, 5.74) is 2.13. The topological polar surface area (TPSA) is 78.9 Å². The van der Waals surface area contributed by atoms with E-state index in [4.69, 9.17) is 9.84 Å². The van der Waals surface area contributed by atoms with Crippen LogP contribution >= 0.6 is 0 Å². The summed E-state index contributed by atoms with van der Waals surface area (Å²) in [7, 11) is 2.75. The van der Waals surface area contributed by atoms with E-state index in [1.165, 1.54) is 19.3 Å². The van der Waals surface area contributed by atoms with Crippen LogP contribution in [0.3, 0.4) is 0 Å². The highest BCUT2D eigenvalue weighted by Gasteiger charge is 2.24. The number of carbonyl (C=O) groups excluding carboxylic acids is 2. The van der Waals surface area contributed by atoms with Crippen LogP contribution in [0.2, 0.25) is 0 Å². The van der Waals surface area contributed by atoms with Crippen LogP contribution in [0.25, 0.3) is 0 Å². The maximum absolute atomic E-state index is 12.4. The average molecular weight is 381 g/mol. The monoisotopic (exact) mass is 380 g/mol. The third-order valence-corrected chi connectivity index (χ3v) is 4.38. The van der Waals surface area contributed by atoms with Gasteiger partial charge in [-0.05, 0) is 32.3 Å². The Morgan fingerprint density at radius 1 is 1.22 bits per heavy atom. The van der Waals surface area contributed by atoms with Crippen molar-refractivity contribution in [3.8, 4) is 0 Å². The van der Waals surface area contributed by atoms with Crippen LogP contribution in [0.5, 0.6) is 0 Å². The largest absolute Gasteiger partial charge is 0.423 e. The van der Waals surface area contributed by atoms with E-state index < -0.39 is 5.97 Å². The first-order valence-electron chi connectivity index (χ1n) is 9.65. The summed E-state index contributed by atoms with van der Waals surface area (Å²) in [5.74, 6) is 0.0801. The number of aliphatic hydroxyl groups excluding tert-OH is 1. The number of carbonyl (C=O) groups is 2. The van der Waals surface area contributed by atoms with E-state index in [9.17, 15) is 9.59 Å². The molecule has 0 aromatic carbocycles. The number of ether oxygens (including phenoxy) is 1. The third-order valence-electron chi connectivity index (χ3n) is 4.38. The molecular formula is C21H36N2O4. The summed E-state index contributed by atoms with van der Waals surface area (Å²) in [6, 6.07) is 0.180. The first-order valence-corrected chi connectivity index (χ1v) is 9.65. The van der Waals surface area contributed by atoms with E-state index in [1.54, 1.807) is 24.9 Å². The summed E-state index contributed by atoms with van der Waals surface area (Å²) in [6.45, 7) is 11.1. The molecule has 0 aliphatic heterocycles. The molecule has 27 heavy (non-hydrogen) atoms. The van der Waals surface area contributed by atoms with Gasteiger partial charge in [0.15, 0.2) is 0 Å². The Bertz CT molecular complexity index is 573. The standard InChI is InChI=1S/C18H26N2O3.C2H6.CH4O/c1-12(2)17(21)23-16-11-15(10-13(16)3)20(4)18(22)19-14-8-6-5-7-9-14;2*1-2/h11,14H,1,5-10H2,2-4H3,(H,19,22);1-2H3;2H,1H3. The van der Waals surface area contributed by atoms with Gasteiger partial charge in [0.2, 0.25) is 0 Å². The fourth-order valence-electron chi connectivity index (χ4n) is 2.85. The summed E-state index contributed by atoms with van der Waals surface area (Å²) < 4.78 is 5.30. The van der Waals surface area contributed by atoms with E-state index in [2.05, 4.69) is 11.9 Å². The molecule has 0 saturated heterocycles. The zero-order valence-electron chi connectivity index (χ0n) is 17.7. The third kappa shape index (κ3) is 7.99. The van der Waals surface area contributed by atoms with Gasteiger partial charge in [-0.3, -0.25) is 0 Å². The number of nitrogens with one attached hydrogen (secondary N) is 1. The van der Waals surface area contributed by atoms with Crippen molar-refractivity contribution in [2.24, 2.45) is 0 Å². The van der Waals surface area contributed by atoms with Gasteiger partial charge >= 0.3 is 12.0 Å². The molecule has 0 radical (unpaired) electrons. The molecule has 154 valence electrons. The molecule has 0 unspecified atom stereocenters. The quantitative estimate of drug-likeness (QED) is 0.564. The number of nitrogens with zero attached hydrogens (tertiary/aromatic N) is 1. The molecule has 2 N–H and O–H groups in total. The zero-order chi connectivity index (χ0) is 21.0. The van der Waals surface area contributed by atoms with Gasteiger partial charge in [-0.1, -0.05) is 39.7 Å². The molecule has 0 heterocycles. The lowest BCUT2D eigenvalue weighted by molar-refractivity contribution is -0.134. The van der Waals surface area contributed by atoms with Gasteiger partial charge in [-0.2, -0.15) is 0 Å². The molecule has 0 aromatic rings. The lowest BCUT2D eigenvalue weighted by Crippen LogP contribution is -2.43. The molecule has 2 aliphatic rings. The first-order chi connectivity index (χ1) is 12.9. The molecule has 1 fully saturated rings. The van der Waals surface area contributed by atoms with Crippen LogP contribution in [0.4, 0.5) is 4.79 Å². The second kappa shape index (κ2) is 13.1. The maximum Gasteiger partial charge on any atom is 0.338 e. The molecule has 6 heteroatoms. The molecule has 0 bridgehead atoms. The number of rotatable bonds is 4. The van der Waals surface area contributed by atoms with E-state index >= 15 is 0 Å². The van der Waals surface area contributed by atoms with Crippen LogP contribution in [-0.2, 0) is 9.53 Å². The Morgan fingerprint density at radius 3 is 2.30 bits per heavy atom. The summed E-state index contributed by atoms with van der Waals surface area (Å²) in [4.78, 5) is 25.6. The van der Waals surface area contributed by atoms with Gasteiger partial charge in [-0.25, -0.2) is 9.59 Å². The van der Waals surface area contributed by atoms with Crippen molar-refractivity contribution in [2.45, 2.75) is 72.3 Å². The minimum absolute atomic E-state index is 0.0940. The second-order valence-corrected chi connectivity index (χ2v) is 6.47. The van der Waals surface area contributed by atoms with Crippen molar-refractivity contribution in [3.05, 3.63) is 35.3 Å².